The third-order valence-electron chi connectivity index (χ3n) is 4.40. The lowest BCUT2D eigenvalue weighted by Gasteiger charge is -2.13. The highest BCUT2D eigenvalue weighted by Gasteiger charge is 2.13. The Kier molecular flexibility index (Phi) is 5.47. The molecule has 0 bridgehead atoms. The van der Waals surface area contributed by atoms with Crippen molar-refractivity contribution in [3.8, 4) is 17.2 Å². The number of halogens is 1. The van der Waals surface area contributed by atoms with Crippen molar-refractivity contribution in [2.45, 2.75) is 19.7 Å². The van der Waals surface area contributed by atoms with Crippen LogP contribution in [0.5, 0.6) is 17.2 Å². The highest BCUT2D eigenvalue weighted by Crippen LogP contribution is 2.32. The molecule has 0 aromatic heterocycles. The van der Waals surface area contributed by atoms with Gasteiger partial charge in [-0.25, -0.2) is 0 Å². The van der Waals surface area contributed by atoms with E-state index < -0.39 is 0 Å². The van der Waals surface area contributed by atoms with Gasteiger partial charge in [0.2, 0.25) is 6.79 Å². The Bertz CT molecular complexity index is 929. The molecule has 3 aromatic carbocycles. The third kappa shape index (κ3) is 4.35. The third-order valence-corrected chi connectivity index (χ3v) is 4.76. The van der Waals surface area contributed by atoms with Gasteiger partial charge in [0, 0.05) is 29.2 Å². The first-order valence-electron chi connectivity index (χ1n) is 8.83. The molecule has 1 aliphatic heterocycles. The SMILES string of the molecule is Clc1ccccc1COc1ccccc1CNCc1ccc2c(c1)OCO2. The Balaban J connectivity index is 1.36. The van der Waals surface area contributed by atoms with Crippen molar-refractivity contribution < 1.29 is 14.2 Å². The van der Waals surface area contributed by atoms with Crippen LogP contribution < -0.4 is 19.5 Å². The monoisotopic (exact) mass is 381 g/mol. The van der Waals surface area contributed by atoms with Gasteiger partial charge in [0.05, 0.1) is 0 Å². The molecule has 0 amide bonds. The fourth-order valence-electron chi connectivity index (χ4n) is 2.95. The van der Waals surface area contributed by atoms with Gasteiger partial charge in [-0.05, 0) is 29.8 Å². The van der Waals surface area contributed by atoms with Crippen LogP contribution in [0.15, 0.2) is 66.7 Å². The lowest BCUT2D eigenvalue weighted by Crippen LogP contribution is -2.13. The van der Waals surface area contributed by atoms with Gasteiger partial charge < -0.3 is 19.5 Å². The average Bonchev–Trinajstić information content (AvgIpc) is 3.16. The minimum Gasteiger partial charge on any atom is -0.489 e. The van der Waals surface area contributed by atoms with E-state index in [4.69, 9.17) is 25.8 Å². The number of nitrogens with one attached hydrogen (secondary N) is 1. The van der Waals surface area contributed by atoms with Crippen molar-refractivity contribution >= 4 is 11.6 Å². The van der Waals surface area contributed by atoms with E-state index in [2.05, 4.69) is 11.4 Å². The van der Waals surface area contributed by atoms with E-state index in [1.54, 1.807) is 0 Å². The molecule has 1 heterocycles. The highest BCUT2D eigenvalue weighted by molar-refractivity contribution is 6.31. The van der Waals surface area contributed by atoms with Crippen LogP contribution in [0.4, 0.5) is 0 Å². The fourth-order valence-corrected chi connectivity index (χ4v) is 3.14. The van der Waals surface area contributed by atoms with Crippen LogP contribution in [-0.2, 0) is 19.7 Å². The summed E-state index contributed by atoms with van der Waals surface area (Å²) >= 11 is 6.21. The predicted octanol–water partition coefficient (Wildman–Crippen LogP) is 4.94. The molecule has 1 N–H and O–H groups in total. The molecule has 138 valence electrons. The van der Waals surface area contributed by atoms with Gasteiger partial charge >= 0.3 is 0 Å². The summed E-state index contributed by atoms with van der Waals surface area (Å²) in [6, 6.07) is 21.8. The maximum atomic E-state index is 6.21. The topological polar surface area (TPSA) is 39.7 Å². The molecule has 0 saturated heterocycles. The van der Waals surface area contributed by atoms with Crippen molar-refractivity contribution in [1.82, 2.24) is 5.32 Å². The second kappa shape index (κ2) is 8.33. The number of hydrogen-bond donors (Lipinski definition) is 1. The molecule has 0 radical (unpaired) electrons. The Morgan fingerprint density at radius 2 is 1.63 bits per heavy atom. The summed E-state index contributed by atoms with van der Waals surface area (Å²) in [5.74, 6) is 2.46. The van der Waals surface area contributed by atoms with Crippen molar-refractivity contribution in [1.29, 1.82) is 0 Å². The molecular weight excluding hydrogens is 362 g/mol. The van der Waals surface area contributed by atoms with E-state index in [1.807, 2.05) is 60.7 Å². The maximum Gasteiger partial charge on any atom is 0.231 e. The predicted molar refractivity (Wildman–Crippen MR) is 105 cm³/mol. The number of rotatable bonds is 7. The zero-order valence-corrected chi connectivity index (χ0v) is 15.5. The van der Waals surface area contributed by atoms with Crippen LogP contribution in [0.1, 0.15) is 16.7 Å². The molecule has 0 atom stereocenters. The fraction of sp³-hybridized carbons (Fsp3) is 0.182. The molecule has 4 nitrogen and oxygen atoms in total. The first kappa shape index (κ1) is 17.7. The lowest BCUT2D eigenvalue weighted by molar-refractivity contribution is 0.174. The summed E-state index contributed by atoms with van der Waals surface area (Å²) in [4.78, 5) is 0. The van der Waals surface area contributed by atoms with E-state index in [0.717, 1.165) is 45.5 Å². The first-order valence-corrected chi connectivity index (χ1v) is 9.21. The average molecular weight is 382 g/mol. The van der Waals surface area contributed by atoms with Crippen LogP contribution in [-0.4, -0.2) is 6.79 Å². The minimum atomic E-state index is 0.294. The van der Waals surface area contributed by atoms with Gasteiger partial charge in [-0.1, -0.05) is 54.1 Å². The molecule has 0 unspecified atom stereocenters. The standard InChI is InChI=1S/C22H20ClNO3/c23-19-7-3-1-6-18(19)14-25-20-8-4-2-5-17(20)13-24-12-16-9-10-21-22(11-16)27-15-26-21/h1-11,24H,12-15H2. The van der Waals surface area contributed by atoms with E-state index in [0.29, 0.717) is 19.9 Å². The summed E-state index contributed by atoms with van der Waals surface area (Å²) in [7, 11) is 0. The smallest absolute Gasteiger partial charge is 0.231 e. The largest absolute Gasteiger partial charge is 0.489 e. The van der Waals surface area contributed by atoms with Gasteiger partial charge in [-0.3, -0.25) is 0 Å². The summed E-state index contributed by atoms with van der Waals surface area (Å²) < 4.78 is 16.8. The first-order chi connectivity index (χ1) is 13.3. The Morgan fingerprint density at radius 1 is 0.852 bits per heavy atom. The summed E-state index contributed by atoms with van der Waals surface area (Å²) in [5, 5.41) is 4.18. The molecule has 4 rings (SSSR count). The van der Waals surface area contributed by atoms with Crippen molar-refractivity contribution in [2.75, 3.05) is 6.79 Å². The van der Waals surface area contributed by atoms with E-state index in [1.165, 1.54) is 0 Å². The van der Waals surface area contributed by atoms with Crippen LogP contribution in [0.25, 0.3) is 0 Å². The molecule has 0 fully saturated rings. The minimum absolute atomic E-state index is 0.294. The van der Waals surface area contributed by atoms with Crippen LogP contribution in [0, 0.1) is 0 Å². The van der Waals surface area contributed by atoms with Crippen LogP contribution in [0.2, 0.25) is 5.02 Å². The van der Waals surface area contributed by atoms with Gasteiger partial charge in [-0.15, -0.1) is 0 Å². The Labute approximate surface area is 163 Å². The van der Waals surface area contributed by atoms with Crippen LogP contribution >= 0.6 is 11.6 Å². The van der Waals surface area contributed by atoms with Gasteiger partial charge in [-0.2, -0.15) is 0 Å². The number of fused-ring (bicyclic) bond motifs is 1. The van der Waals surface area contributed by atoms with E-state index >= 15 is 0 Å². The van der Waals surface area contributed by atoms with E-state index in [-0.39, 0.29) is 0 Å². The zero-order chi connectivity index (χ0) is 18.5. The van der Waals surface area contributed by atoms with Crippen LogP contribution in [0.3, 0.4) is 0 Å². The zero-order valence-electron chi connectivity index (χ0n) is 14.8. The van der Waals surface area contributed by atoms with E-state index in [9.17, 15) is 0 Å². The maximum absolute atomic E-state index is 6.21. The van der Waals surface area contributed by atoms with Crippen molar-refractivity contribution in [2.24, 2.45) is 0 Å². The summed E-state index contributed by atoms with van der Waals surface area (Å²) in [6.45, 7) is 2.17. The molecule has 3 aromatic rings. The number of ether oxygens (including phenoxy) is 3. The molecule has 27 heavy (non-hydrogen) atoms. The lowest BCUT2D eigenvalue weighted by atomic mass is 10.1. The van der Waals surface area contributed by atoms with Crippen molar-refractivity contribution in [3.63, 3.8) is 0 Å². The molecule has 5 heteroatoms. The second-order valence-electron chi connectivity index (χ2n) is 6.28. The Hall–Kier alpha value is -2.69. The summed E-state index contributed by atoms with van der Waals surface area (Å²) in [6.07, 6.45) is 0. The molecule has 1 aliphatic rings. The Morgan fingerprint density at radius 3 is 2.52 bits per heavy atom. The van der Waals surface area contributed by atoms with Gasteiger partial charge in [0.15, 0.2) is 11.5 Å². The molecular formula is C22H20ClNO3. The molecule has 0 spiro atoms. The van der Waals surface area contributed by atoms with Crippen molar-refractivity contribution in [3.05, 3.63) is 88.4 Å². The molecule has 0 saturated carbocycles. The summed E-state index contributed by atoms with van der Waals surface area (Å²) in [5.41, 5.74) is 3.22. The quantitative estimate of drug-likeness (QED) is 0.629. The molecule has 0 aliphatic carbocycles. The highest BCUT2D eigenvalue weighted by atomic mass is 35.5. The van der Waals surface area contributed by atoms with Gasteiger partial charge in [0.25, 0.3) is 0 Å². The normalized spacial score (nSPS) is 12.2. The second-order valence-corrected chi connectivity index (χ2v) is 6.69. The number of hydrogen-bond acceptors (Lipinski definition) is 4. The number of benzene rings is 3. The number of para-hydroxylation sites is 1. The van der Waals surface area contributed by atoms with Gasteiger partial charge in [0.1, 0.15) is 12.4 Å².